The predicted octanol–water partition coefficient (Wildman–Crippen LogP) is 3.64. The number of likely N-dealkylation sites (tertiary alicyclic amines) is 1. The molecule has 0 N–H and O–H groups in total. The maximum Gasteiger partial charge on any atom is 0.0833 e. The van der Waals surface area contributed by atoms with Crippen LogP contribution in [0.25, 0.3) is 0 Å². The fourth-order valence-electron chi connectivity index (χ4n) is 3.93. The van der Waals surface area contributed by atoms with Gasteiger partial charge < -0.3 is 9.64 Å². The van der Waals surface area contributed by atoms with E-state index >= 15 is 0 Å². The Hall–Kier alpha value is -0.120. The van der Waals surface area contributed by atoms with Crippen LogP contribution >= 0.6 is 0 Å². The summed E-state index contributed by atoms with van der Waals surface area (Å²) in [6.07, 6.45) is 5.11. The van der Waals surface area contributed by atoms with Gasteiger partial charge in [-0.25, -0.2) is 0 Å². The highest BCUT2D eigenvalue weighted by Gasteiger charge is 2.39. The van der Waals surface area contributed by atoms with Crippen molar-refractivity contribution in [2.75, 3.05) is 45.9 Å². The highest BCUT2D eigenvalue weighted by Crippen LogP contribution is 2.31. The van der Waals surface area contributed by atoms with Crippen molar-refractivity contribution in [3.63, 3.8) is 0 Å². The van der Waals surface area contributed by atoms with Crippen molar-refractivity contribution < 1.29 is 4.74 Å². The molecule has 22 heavy (non-hydrogen) atoms. The number of piperidine rings is 1. The molecule has 0 aromatic carbocycles. The highest BCUT2D eigenvalue weighted by atomic mass is 16.5. The lowest BCUT2D eigenvalue weighted by Gasteiger charge is -2.48. The summed E-state index contributed by atoms with van der Waals surface area (Å²) in [6.45, 7) is 19.8. The molecule has 0 atom stereocenters. The molecule has 0 aromatic heterocycles. The van der Waals surface area contributed by atoms with Crippen LogP contribution in [0.15, 0.2) is 0 Å². The van der Waals surface area contributed by atoms with Gasteiger partial charge in [0, 0.05) is 32.7 Å². The van der Waals surface area contributed by atoms with Gasteiger partial charge >= 0.3 is 0 Å². The number of hydrogen-bond acceptors (Lipinski definition) is 3. The van der Waals surface area contributed by atoms with Crippen molar-refractivity contribution >= 4 is 0 Å². The van der Waals surface area contributed by atoms with E-state index in [0.29, 0.717) is 5.41 Å². The van der Waals surface area contributed by atoms with Crippen molar-refractivity contribution in [3.05, 3.63) is 0 Å². The number of nitrogens with zero attached hydrogens (tertiary/aromatic N) is 2. The molecule has 2 fully saturated rings. The number of morpholine rings is 1. The van der Waals surface area contributed by atoms with Crippen LogP contribution in [-0.2, 0) is 4.74 Å². The highest BCUT2D eigenvalue weighted by molar-refractivity contribution is 4.93. The summed E-state index contributed by atoms with van der Waals surface area (Å²) >= 11 is 0. The zero-order valence-corrected chi connectivity index (χ0v) is 15.7. The van der Waals surface area contributed by atoms with Gasteiger partial charge in [-0.2, -0.15) is 0 Å². The van der Waals surface area contributed by atoms with E-state index in [1.807, 2.05) is 0 Å². The van der Waals surface area contributed by atoms with E-state index in [9.17, 15) is 0 Å². The molecule has 130 valence electrons. The van der Waals surface area contributed by atoms with Crippen LogP contribution < -0.4 is 0 Å². The average molecular weight is 311 g/mol. The largest absolute Gasteiger partial charge is 0.372 e. The summed E-state index contributed by atoms with van der Waals surface area (Å²) < 4.78 is 6.27. The van der Waals surface area contributed by atoms with E-state index in [-0.39, 0.29) is 5.60 Å². The van der Waals surface area contributed by atoms with Crippen molar-refractivity contribution in [3.8, 4) is 0 Å². The molecule has 2 heterocycles. The second-order valence-electron chi connectivity index (χ2n) is 9.18. The Bertz CT molecular complexity index is 327. The van der Waals surface area contributed by atoms with Crippen LogP contribution in [0.3, 0.4) is 0 Å². The van der Waals surface area contributed by atoms with Crippen LogP contribution in [-0.4, -0.2) is 61.3 Å². The molecule has 0 aliphatic carbocycles. The van der Waals surface area contributed by atoms with Crippen molar-refractivity contribution in [1.29, 1.82) is 0 Å². The molecule has 2 aliphatic heterocycles. The van der Waals surface area contributed by atoms with Gasteiger partial charge in [0.25, 0.3) is 0 Å². The molecule has 0 aromatic rings. The zero-order valence-electron chi connectivity index (χ0n) is 15.7. The number of hydrogen-bond donors (Lipinski definition) is 0. The minimum absolute atomic E-state index is 0.157. The van der Waals surface area contributed by atoms with Crippen LogP contribution in [0, 0.1) is 11.3 Å². The number of ether oxygens (including phenoxy) is 1. The Kier molecular flexibility index (Phi) is 6.32. The first kappa shape index (κ1) is 18.2. The predicted molar refractivity (Wildman–Crippen MR) is 94.3 cm³/mol. The third kappa shape index (κ3) is 5.82. The molecule has 3 nitrogen and oxygen atoms in total. The van der Waals surface area contributed by atoms with Gasteiger partial charge in [0.2, 0.25) is 0 Å². The second-order valence-corrected chi connectivity index (χ2v) is 9.18. The first-order valence-corrected chi connectivity index (χ1v) is 9.37. The fourth-order valence-corrected chi connectivity index (χ4v) is 3.93. The van der Waals surface area contributed by atoms with Gasteiger partial charge in [-0.15, -0.1) is 0 Å². The molecule has 3 heteroatoms. The van der Waals surface area contributed by atoms with E-state index in [1.165, 1.54) is 51.9 Å². The van der Waals surface area contributed by atoms with Gasteiger partial charge in [0.05, 0.1) is 12.2 Å². The maximum absolute atomic E-state index is 6.27. The number of rotatable bonds is 5. The van der Waals surface area contributed by atoms with Gasteiger partial charge in [0.15, 0.2) is 0 Å². The van der Waals surface area contributed by atoms with E-state index in [2.05, 4.69) is 44.4 Å². The Morgan fingerprint density at radius 3 is 2.32 bits per heavy atom. The van der Waals surface area contributed by atoms with E-state index in [4.69, 9.17) is 4.74 Å². The second kappa shape index (κ2) is 7.63. The van der Waals surface area contributed by atoms with Gasteiger partial charge in [-0.3, -0.25) is 4.90 Å². The van der Waals surface area contributed by atoms with Gasteiger partial charge in [0.1, 0.15) is 0 Å². The standard InChI is InChI=1S/C19H38N2O/c1-17(2)7-6-10-20-13-14-22-19(16-20)8-11-21(12-9-19)15-18(3,4)5/h17H,6-16H2,1-5H3. The Morgan fingerprint density at radius 2 is 1.73 bits per heavy atom. The van der Waals surface area contributed by atoms with Crippen molar-refractivity contribution in [2.45, 2.75) is 65.9 Å². The van der Waals surface area contributed by atoms with E-state index in [1.54, 1.807) is 0 Å². The molecule has 0 radical (unpaired) electrons. The molecule has 0 saturated carbocycles. The monoisotopic (exact) mass is 310 g/mol. The molecule has 2 saturated heterocycles. The molecule has 0 amide bonds. The summed E-state index contributed by atoms with van der Waals surface area (Å²) in [4.78, 5) is 5.29. The maximum atomic E-state index is 6.27. The summed E-state index contributed by atoms with van der Waals surface area (Å²) in [5.74, 6) is 0.829. The summed E-state index contributed by atoms with van der Waals surface area (Å²) in [5, 5.41) is 0. The lowest BCUT2D eigenvalue weighted by atomic mass is 9.87. The van der Waals surface area contributed by atoms with E-state index < -0.39 is 0 Å². The van der Waals surface area contributed by atoms with E-state index in [0.717, 1.165) is 25.6 Å². The zero-order chi connectivity index (χ0) is 16.2. The third-order valence-electron chi connectivity index (χ3n) is 5.05. The van der Waals surface area contributed by atoms with Crippen LogP contribution in [0.2, 0.25) is 0 Å². The Labute approximate surface area is 138 Å². The summed E-state index contributed by atoms with van der Waals surface area (Å²) in [7, 11) is 0. The molecule has 1 spiro atoms. The van der Waals surface area contributed by atoms with Gasteiger partial charge in [-0.05, 0) is 43.6 Å². The minimum Gasteiger partial charge on any atom is -0.372 e. The van der Waals surface area contributed by atoms with Crippen molar-refractivity contribution in [2.24, 2.45) is 11.3 Å². The molecular formula is C19H38N2O. The Morgan fingerprint density at radius 1 is 1.05 bits per heavy atom. The molecular weight excluding hydrogens is 272 g/mol. The van der Waals surface area contributed by atoms with Crippen LogP contribution in [0.4, 0.5) is 0 Å². The average Bonchev–Trinajstić information content (AvgIpc) is 2.40. The normalized spacial score (nSPS) is 24.3. The van der Waals surface area contributed by atoms with Gasteiger partial charge in [-0.1, -0.05) is 34.6 Å². The van der Waals surface area contributed by atoms with Crippen molar-refractivity contribution in [1.82, 2.24) is 9.80 Å². The lowest BCUT2D eigenvalue weighted by molar-refractivity contribution is -0.137. The Balaban J connectivity index is 1.77. The lowest BCUT2D eigenvalue weighted by Crippen LogP contribution is -2.57. The molecule has 0 bridgehead atoms. The topological polar surface area (TPSA) is 15.7 Å². The first-order valence-electron chi connectivity index (χ1n) is 9.37. The smallest absolute Gasteiger partial charge is 0.0833 e. The first-order chi connectivity index (χ1) is 10.3. The van der Waals surface area contributed by atoms with Crippen LogP contribution in [0.1, 0.15) is 60.3 Å². The van der Waals surface area contributed by atoms with Crippen LogP contribution in [0.5, 0.6) is 0 Å². The quantitative estimate of drug-likeness (QED) is 0.771. The molecule has 2 aliphatic rings. The molecule has 0 unspecified atom stereocenters. The summed E-state index contributed by atoms with van der Waals surface area (Å²) in [6, 6.07) is 0. The summed E-state index contributed by atoms with van der Waals surface area (Å²) in [5.41, 5.74) is 0.561. The SMILES string of the molecule is CC(C)CCCN1CCOC2(CCN(CC(C)(C)C)CC2)C1. The molecule has 2 rings (SSSR count). The third-order valence-corrected chi connectivity index (χ3v) is 5.05. The fraction of sp³-hybridized carbons (Fsp3) is 1.00. The minimum atomic E-state index is 0.157.